The van der Waals surface area contributed by atoms with Gasteiger partial charge in [-0.3, -0.25) is 0 Å². The van der Waals surface area contributed by atoms with Crippen molar-refractivity contribution >= 4 is 0 Å². The minimum atomic E-state index is 0.497. The van der Waals surface area contributed by atoms with Gasteiger partial charge in [0, 0.05) is 5.92 Å². The summed E-state index contributed by atoms with van der Waals surface area (Å²) in [5, 5.41) is 0. The molecule has 0 radical (unpaired) electrons. The Morgan fingerprint density at radius 1 is 1.67 bits per heavy atom. The Bertz CT molecular complexity index is 85.0. The lowest BCUT2D eigenvalue weighted by atomic mass is 9.94. The maximum atomic E-state index is 5.36. The molecule has 9 heavy (non-hydrogen) atoms. The van der Waals surface area contributed by atoms with Gasteiger partial charge >= 0.3 is 0 Å². The zero-order chi connectivity index (χ0) is 6.69. The zero-order valence-corrected chi connectivity index (χ0v) is 5.97. The first-order valence-corrected chi connectivity index (χ1v) is 3.66. The molecule has 0 aromatic heterocycles. The van der Waals surface area contributed by atoms with Gasteiger partial charge in [0.05, 0.1) is 12.7 Å². The van der Waals surface area contributed by atoms with Gasteiger partial charge in [-0.15, -0.1) is 0 Å². The summed E-state index contributed by atoms with van der Waals surface area (Å²) in [6, 6.07) is 0. The summed E-state index contributed by atoms with van der Waals surface area (Å²) in [7, 11) is 0. The van der Waals surface area contributed by atoms with Crippen LogP contribution in [-0.2, 0) is 4.74 Å². The summed E-state index contributed by atoms with van der Waals surface area (Å²) < 4.78 is 5.20. The monoisotopic (exact) mass is 129 g/mol. The molecular weight excluding hydrogens is 114 g/mol. The van der Waals surface area contributed by atoms with Crippen molar-refractivity contribution in [3.05, 3.63) is 0 Å². The average Bonchev–Trinajstić information content (AvgIpc) is 1.86. The number of nitrogens with two attached hydrogens (primary N) is 1. The van der Waals surface area contributed by atoms with Gasteiger partial charge < -0.3 is 10.5 Å². The fourth-order valence-electron chi connectivity index (χ4n) is 1.12. The molecule has 2 unspecified atom stereocenters. The summed E-state index contributed by atoms with van der Waals surface area (Å²) >= 11 is 0. The lowest BCUT2D eigenvalue weighted by molar-refractivity contribution is -0.106. The molecule has 0 amide bonds. The van der Waals surface area contributed by atoms with Crippen LogP contribution < -0.4 is 5.73 Å². The van der Waals surface area contributed by atoms with Crippen molar-refractivity contribution in [1.82, 2.24) is 0 Å². The van der Waals surface area contributed by atoms with Crippen LogP contribution in [0.15, 0.2) is 0 Å². The number of rotatable bonds is 3. The van der Waals surface area contributed by atoms with E-state index in [1.54, 1.807) is 0 Å². The Hall–Kier alpha value is -0.0800. The van der Waals surface area contributed by atoms with Gasteiger partial charge in [0.15, 0.2) is 0 Å². The van der Waals surface area contributed by atoms with E-state index in [-0.39, 0.29) is 0 Å². The van der Waals surface area contributed by atoms with E-state index in [1.165, 1.54) is 6.42 Å². The van der Waals surface area contributed by atoms with Crippen molar-refractivity contribution < 1.29 is 4.74 Å². The molecule has 54 valence electrons. The molecule has 1 heterocycles. The van der Waals surface area contributed by atoms with Gasteiger partial charge in [-0.25, -0.2) is 0 Å². The van der Waals surface area contributed by atoms with E-state index in [0.29, 0.717) is 6.10 Å². The standard InChI is InChI=1S/C7H15NO/c1-6-7(5-9-6)3-2-4-8/h6-7H,2-5,8H2,1H3. The zero-order valence-electron chi connectivity index (χ0n) is 5.97. The van der Waals surface area contributed by atoms with Gasteiger partial charge in [0.25, 0.3) is 0 Å². The maximum absolute atomic E-state index is 5.36. The highest BCUT2D eigenvalue weighted by Gasteiger charge is 2.26. The van der Waals surface area contributed by atoms with Gasteiger partial charge in [0.2, 0.25) is 0 Å². The Balaban J connectivity index is 1.99. The van der Waals surface area contributed by atoms with E-state index >= 15 is 0 Å². The van der Waals surface area contributed by atoms with E-state index in [2.05, 4.69) is 6.92 Å². The molecular formula is C7H15NO. The predicted octanol–water partition coefficient (Wildman–Crippen LogP) is 0.760. The molecule has 0 aromatic carbocycles. The van der Waals surface area contributed by atoms with Crippen LogP contribution in [0, 0.1) is 5.92 Å². The smallest absolute Gasteiger partial charge is 0.0597 e. The van der Waals surface area contributed by atoms with Crippen LogP contribution in [0.2, 0.25) is 0 Å². The largest absolute Gasteiger partial charge is 0.378 e. The Kier molecular flexibility index (Phi) is 2.49. The Morgan fingerprint density at radius 3 is 2.78 bits per heavy atom. The highest BCUT2D eigenvalue weighted by Crippen LogP contribution is 2.23. The molecule has 2 heteroatoms. The SMILES string of the molecule is CC1OCC1CCCN. The van der Waals surface area contributed by atoms with E-state index in [4.69, 9.17) is 10.5 Å². The van der Waals surface area contributed by atoms with Crippen LogP contribution in [0.5, 0.6) is 0 Å². The molecule has 0 aliphatic carbocycles. The average molecular weight is 129 g/mol. The van der Waals surface area contributed by atoms with Crippen LogP contribution in [-0.4, -0.2) is 19.3 Å². The molecule has 2 atom stereocenters. The topological polar surface area (TPSA) is 35.2 Å². The summed E-state index contributed by atoms with van der Waals surface area (Å²) in [6.07, 6.45) is 2.90. The van der Waals surface area contributed by atoms with Crippen molar-refractivity contribution in [2.45, 2.75) is 25.9 Å². The number of ether oxygens (including phenoxy) is 1. The van der Waals surface area contributed by atoms with Crippen LogP contribution in [0.4, 0.5) is 0 Å². The fraction of sp³-hybridized carbons (Fsp3) is 1.00. The second-order valence-electron chi connectivity index (χ2n) is 2.73. The van der Waals surface area contributed by atoms with E-state index in [1.807, 2.05) is 0 Å². The van der Waals surface area contributed by atoms with Gasteiger partial charge in [-0.2, -0.15) is 0 Å². The van der Waals surface area contributed by atoms with Crippen LogP contribution in [0.1, 0.15) is 19.8 Å². The lowest BCUT2D eigenvalue weighted by Gasteiger charge is -2.34. The summed E-state index contributed by atoms with van der Waals surface area (Å²) in [5.74, 6) is 0.800. The molecule has 0 bridgehead atoms. The van der Waals surface area contributed by atoms with Crippen LogP contribution >= 0.6 is 0 Å². The molecule has 1 aliphatic rings. The quantitative estimate of drug-likeness (QED) is 0.610. The first-order chi connectivity index (χ1) is 4.34. The number of hydrogen-bond acceptors (Lipinski definition) is 2. The molecule has 0 spiro atoms. The molecule has 1 rings (SSSR count). The molecule has 0 aromatic rings. The third kappa shape index (κ3) is 1.66. The maximum Gasteiger partial charge on any atom is 0.0597 e. The highest BCUT2D eigenvalue weighted by molar-refractivity contribution is 4.74. The van der Waals surface area contributed by atoms with E-state index < -0.39 is 0 Å². The van der Waals surface area contributed by atoms with E-state index in [9.17, 15) is 0 Å². The van der Waals surface area contributed by atoms with Crippen molar-refractivity contribution in [3.63, 3.8) is 0 Å². The fourth-order valence-corrected chi connectivity index (χ4v) is 1.12. The van der Waals surface area contributed by atoms with Crippen LogP contribution in [0.3, 0.4) is 0 Å². The van der Waals surface area contributed by atoms with E-state index in [0.717, 1.165) is 25.5 Å². The van der Waals surface area contributed by atoms with Gasteiger partial charge in [0.1, 0.15) is 0 Å². The minimum absolute atomic E-state index is 0.497. The van der Waals surface area contributed by atoms with Crippen LogP contribution in [0.25, 0.3) is 0 Å². The van der Waals surface area contributed by atoms with Crippen molar-refractivity contribution in [2.75, 3.05) is 13.2 Å². The molecule has 0 saturated carbocycles. The first kappa shape index (κ1) is 7.03. The molecule has 1 aliphatic heterocycles. The molecule has 2 nitrogen and oxygen atoms in total. The first-order valence-electron chi connectivity index (χ1n) is 3.66. The third-order valence-corrected chi connectivity index (χ3v) is 2.02. The Labute approximate surface area is 56.4 Å². The van der Waals surface area contributed by atoms with Crippen molar-refractivity contribution in [3.8, 4) is 0 Å². The summed E-state index contributed by atoms with van der Waals surface area (Å²) in [4.78, 5) is 0. The van der Waals surface area contributed by atoms with Crippen molar-refractivity contribution in [2.24, 2.45) is 11.7 Å². The highest BCUT2D eigenvalue weighted by atomic mass is 16.5. The third-order valence-electron chi connectivity index (χ3n) is 2.02. The predicted molar refractivity (Wildman–Crippen MR) is 37.2 cm³/mol. The molecule has 2 N–H and O–H groups in total. The molecule has 1 fully saturated rings. The summed E-state index contributed by atoms with van der Waals surface area (Å²) in [6.45, 7) is 3.91. The van der Waals surface area contributed by atoms with Gasteiger partial charge in [-0.1, -0.05) is 0 Å². The molecule has 1 saturated heterocycles. The van der Waals surface area contributed by atoms with Gasteiger partial charge in [-0.05, 0) is 26.3 Å². The van der Waals surface area contributed by atoms with Crippen molar-refractivity contribution in [1.29, 1.82) is 0 Å². The Morgan fingerprint density at radius 2 is 2.44 bits per heavy atom. The normalized spacial score (nSPS) is 34.0. The lowest BCUT2D eigenvalue weighted by Crippen LogP contribution is -2.37. The second-order valence-corrected chi connectivity index (χ2v) is 2.73. The number of hydrogen-bond donors (Lipinski definition) is 1. The minimum Gasteiger partial charge on any atom is -0.378 e. The second kappa shape index (κ2) is 3.18. The summed E-state index contributed by atoms with van der Waals surface area (Å²) in [5.41, 5.74) is 5.36.